The standard InChI is InChI=1S/C22H22O8/c1-12(22(24)28-5)29-14-6-7-15-16(11-14)30-17(20(15)23)8-13-9-18(25-2)21(27-4)19(10-13)26-3/h6-12H,1-5H3/b17-8-. The third-order valence-corrected chi connectivity index (χ3v) is 4.47. The lowest BCUT2D eigenvalue weighted by molar-refractivity contribution is -0.147. The fourth-order valence-corrected chi connectivity index (χ4v) is 2.99. The maximum Gasteiger partial charge on any atom is 0.346 e. The number of Topliss-reactive ketones (excluding diaryl/α,β-unsaturated/α-hetero) is 1. The number of ketones is 1. The van der Waals surface area contributed by atoms with Crippen molar-refractivity contribution in [3.05, 3.63) is 47.2 Å². The summed E-state index contributed by atoms with van der Waals surface area (Å²) in [5.41, 5.74) is 1.03. The van der Waals surface area contributed by atoms with E-state index in [0.717, 1.165) is 0 Å². The monoisotopic (exact) mass is 414 g/mol. The van der Waals surface area contributed by atoms with E-state index in [1.807, 2.05) is 0 Å². The highest BCUT2D eigenvalue weighted by Crippen LogP contribution is 2.40. The topological polar surface area (TPSA) is 89.5 Å². The number of methoxy groups -OCH3 is 4. The second-order valence-corrected chi connectivity index (χ2v) is 6.34. The van der Waals surface area contributed by atoms with Gasteiger partial charge in [-0.15, -0.1) is 0 Å². The van der Waals surface area contributed by atoms with E-state index in [1.54, 1.807) is 43.3 Å². The van der Waals surface area contributed by atoms with Crippen LogP contribution in [0.2, 0.25) is 0 Å². The predicted molar refractivity (Wildman–Crippen MR) is 108 cm³/mol. The molecule has 3 rings (SSSR count). The smallest absolute Gasteiger partial charge is 0.346 e. The molecule has 2 aromatic carbocycles. The molecule has 0 radical (unpaired) electrons. The van der Waals surface area contributed by atoms with Gasteiger partial charge in [-0.05, 0) is 42.8 Å². The van der Waals surface area contributed by atoms with Crippen LogP contribution in [-0.2, 0) is 9.53 Å². The van der Waals surface area contributed by atoms with Crippen LogP contribution in [0.1, 0.15) is 22.8 Å². The van der Waals surface area contributed by atoms with Crippen molar-refractivity contribution in [2.75, 3.05) is 28.4 Å². The zero-order valence-electron chi connectivity index (χ0n) is 17.3. The van der Waals surface area contributed by atoms with Gasteiger partial charge < -0.3 is 28.4 Å². The molecule has 8 nitrogen and oxygen atoms in total. The Kier molecular flexibility index (Phi) is 6.15. The first-order chi connectivity index (χ1) is 14.4. The summed E-state index contributed by atoms with van der Waals surface area (Å²) < 4.78 is 31.9. The Hall–Kier alpha value is -3.68. The second-order valence-electron chi connectivity index (χ2n) is 6.34. The van der Waals surface area contributed by atoms with Gasteiger partial charge in [0.25, 0.3) is 0 Å². The molecule has 2 aromatic rings. The molecule has 158 valence electrons. The Morgan fingerprint density at radius 3 is 2.23 bits per heavy atom. The molecule has 0 amide bonds. The van der Waals surface area contributed by atoms with Gasteiger partial charge in [0.15, 0.2) is 23.4 Å². The van der Waals surface area contributed by atoms with Crippen molar-refractivity contribution in [3.63, 3.8) is 0 Å². The number of allylic oxidation sites excluding steroid dienone is 1. The summed E-state index contributed by atoms with van der Waals surface area (Å²) in [6.45, 7) is 1.57. The Balaban J connectivity index is 1.89. The van der Waals surface area contributed by atoms with Crippen LogP contribution in [0.15, 0.2) is 36.1 Å². The number of hydrogen-bond acceptors (Lipinski definition) is 8. The lowest BCUT2D eigenvalue weighted by Crippen LogP contribution is -2.24. The highest BCUT2D eigenvalue weighted by Gasteiger charge is 2.28. The molecule has 8 heteroatoms. The van der Waals surface area contributed by atoms with Gasteiger partial charge in [-0.3, -0.25) is 4.79 Å². The maximum atomic E-state index is 12.7. The molecule has 1 aliphatic heterocycles. The fraction of sp³-hybridized carbons (Fsp3) is 0.273. The first-order valence-electron chi connectivity index (χ1n) is 9.04. The summed E-state index contributed by atoms with van der Waals surface area (Å²) in [5, 5.41) is 0. The van der Waals surface area contributed by atoms with Gasteiger partial charge in [0, 0.05) is 6.07 Å². The molecule has 0 fully saturated rings. The molecule has 0 bridgehead atoms. The molecule has 0 saturated carbocycles. The normalized spacial score (nSPS) is 14.6. The van der Waals surface area contributed by atoms with Crippen molar-refractivity contribution in [1.82, 2.24) is 0 Å². The third-order valence-electron chi connectivity index (χ3n) is 4.47. The van der Waals surface area contributed by atoms with Crippen molar-refractivity contribution in [2.45, 2.75) is 13.0 Å². The largest absolute Gasteiger partial charge is 0.493 e. The van der Waals surface area contributed by atoms with Gasteiger partial charge in [-0.2, -0.15) is 0 Å². The Labute approximate surface area is 173 Å². The number of fused-ring (bicyclic) bond motifs is 1. The van der Waals surface area contributed by atoms with Gasteiger partial charge in [0.1, 0.15) is 11.5 Å². The Morgan fingerprint density at radius 1 is 1.00 bits per heavy atom. The van der Waals surface area contributed by atoms with Gasteiger partial charge in [-0.1, -0.05) is 0 Å². The van der Waals surface area contributed by atoms with Crippen LogP contribution in [-0.4, -0.2) is 46.3 Å². The van der Waals surface area contributed by atoms with Crippen molar-refractivity contribution >= 4 is 17.8 Å². The molecule has 1 aliphatic rings. The van der Waals surface area contributed by atoms with E-state index in [0.29, 0.717) is 39.9 Å². The molecule has 1 atom stereocenters. The van der Waals surface area contributed by atoms with E-state index < -0.39 is 12.1 Å². The molecule has 1 unspecified atom stereocenters. The lowest BCUT2D eigenvalue weighted by Gasteiger charge is -2.13. The van der Waals surface area contributed by atoms with E-state index in [4.69, 9.17) is 23.7 Å². The van der Waals surface area contributed by atoms with Gasteiger partial charge in [0.2, 0.25) is 11.5 Å². The van der Waals surface area contributed by atoms with Crippen LogP contribution < -0.4 is 23.7 Å². The lowest BCUT2D eigenvalue weighted by atomic mass is 10.1. The first-order valence-corrected chi connectivity index (χ1v) is 9.04. The number of carbonyl (C=O) groups is 2. The number of rotatable bonds is 7. The van der Waals surface area contributed by atoms with Crippen LogP contribution in [0, 0.1) is 0 Å². The highest BCUT2D eigenvalue weighted by molar-refractivity contribution is 6.14. The summed E-state index contributed by atoms with van der Waals surface area (Å²) in [6.07, 6.45) is 0.795. The van der Waals surface area contributed by atoms with E-state index in [2.05, 4.69) is 4.74 Å². The molecular weight excluding hydrogens is 392 g/mol. The van der Waals surface area contributed by atoms with Gasteiger partial charge in [-0.25, -0.2) is 4.79 Å². The minimum Gasteiger partial charge on any atom is -0.493 e. The summed E-state index contributed by atoms with van der Waals surface area (Å²) >= 11 is 0. The molecule has 0 saturated heterocycles. The molecule has 30 heavy (non-hydrogen) atoms. The quantitative estimate of drug-likeness (QED) is 0.504. The van der Waals surface area contributed by atoms with Crippen LogP contribution in [0.25, 0.3) is 6.08 Å². The summed E-state index contributed by atoms with van der Waals surface area (Å²) in [4.78, 5) is 24.3. The van der Waals surface area contributed by atoms with Crippen molar-refractivity contribution in [3.8, 4) is 28.7 Å². The Morgan fingerprint density at radius 2 is 1.67 bits per heavy atom. The predicted octanol–water partition coefficient (Wildman–Crippen LogP) is 3.27. The van der Waals surface area contributed by atoms with Crippen LogP contribution in [0.4, 0.5) is 0 Å². The number of esters is 1. The van der Waals surface area contributed by atoms with E-state index in [9.17, 15) is 9.59 Å². The van der Waals surface area contributed by atoms with Gasteiger partial charge in [0.05, 0.1) is 34.0 Å². The molecule has 0 N–H and O–H groups in total. The maximum absolute atomic E-state index is 12.7. The van der Waals surface area contributed by atoms with E-state index in [1.165, 1.54) is 28.4 Å². The number of benzene rings is 2. The van der Waals surface area contributed by atoms with Crippen LogP contribution in [0.5, 0.6) is 28.7 Å². The number of ether oxygens (including phenoxy) is 6. The van der Waals surface area contributed by atoms with Crippen molar-refractivity contribution < 1.29 is 38.0 Å². The number of carbonyl (C=O) groups excluding carboxylic acids is 2. The average molecular weight is 414 g/mol. The zero-order valence-corrected chi connectivity index (χ0v) is 17.3. The molecular formula is C22H22O8. The molecule has 0 aliphatic carbocycles. The summed E-state index contributed by atoms with van der Waals surface area (Å²) in [6, 6.07) is 8.17. The molecule has 0 aromatic heterocycles. The third kappa shape index (κ3) is 4.03. The number of hydrogen-bond donors (Lipinski definition) is 0. The highest BCUT2D eigenvalue weighted by atomic mass is 16.6. The SMILES string of the molecule is COC(=O)C(C)Oc1ccc2c(c1)O/C(=C\c1cc(OC)c(OC)c(OC)c1)C2=O. The minimum absolute atomic E-state index is 0.137. The van der Waals surface area contributed by atoms with Gasteiger partial charge >= 0.3 is 5.97 Å². The van der Waals surface area contributed by atoms with E-state index >= 15 is 0 Å². The van der Waals surface area contributed by atoms with Crippen molar-refractivity contribution in [1.29, 1.82) is 0 Å². The zero-order chi connectivity index (χ0) is 21.8. The average Bonchev–Trinajstić information content (AvgIpc) is 3.06. The first kappa shape index (κ1) is 21.0. The molecule has 0 spiro atoms. The minimum atomic E-state index is -0.792. The molecule has 1 heterocycles. The Bertz CT molecular complexity index is 983. The van der Waals surface area contributed by atoms with E-state index in [-0.39, 0.29) is 11.5 Å². The van der Waals surface area contributed by atoms with Crippen molar-refractivity contribution in [2.24, 2.45) is 0 Å². The van der Waals surface area contributed by atoms with Crippen LogP contribution in [0.3, 0.4) is 0 Å². The fourth-order valence-electron chi connectivity index (χ4n) is 2.99. The van der Waals surface area contributed by atoms with Crippen LogP contribution >= 0.6 is 0 Å². The summed E-state index contributed by atoms with van der Waals surface area (Å²) in [7, 11) is 5.82. The second kappa shape index (κ2) is 8.77. The summed E-state index contributed by atoms with van der Waals surface area (Å²) in [5.74, 6) is 1.45.